The largest absolute Gasteiger partial charge is 0.489 e. The molecule has 126 valence electrons. The molecule has 0 saturated carbocycles. The lowest BCUT2D eigenvalue weighted by molar-refractivity contribution is -0.132. The van der Waals surface area contributed by atoms with Crippen molar-refractivity contribution in [3.8, 4) is 5.75 Å². The quantitative estimate of drug-likeness (QED) is 0.453. The van der Waals surface area contributed by atoms with Crippen LogP contribution in [-0.4, -0.2) is 25.9 Å². The van der Waals surface area contributed by atoms with Gasteiger partial charge in [-0.25, -0.2) is 4.79 Å². The zero-order chi connectivity index (χ0) is 17.5. The summed E-state index contributed by atoms with van der Waals surface area (Å²) in [6.45, 7) is 2.13. The first-order valence-electron chi connectivity index (χ1n) is 7.24. The molecule has 0 heterocycles. The molecular formula is C18H18ClNO4. The Kier molecular flexibility index (Phi) is 6.21. The van der Waals surface area contributed by atoms with Crippen molar-refractivity contribution < 1.29 is 19.1 Å². The van der Waals surface area contributed by atoms with Crippen molar-refractivity contribution in [1.82, 2.24) is 0 Å². The van der Waals surface area contributed by atoms with Crippen LogP contribution in [0.1, 0.15) is 16.7 Å². The maximum absolute atomic E-state index is 11.9. The van der Waals surface area contributed by atoms with E-state index in [0.29, 0.717) is 16.3 Å². The zero-order valence-corrected chi connectivity index (χ0v) is 14.5. The van der Waals surface area contributed by atoms with Crippen molar-refractivity contribution in [2.75, 3.05) is 14.2 Å². The highest BCUT2D eigenvalue weighted by Gasteiger charge is 2.19. The number of hydrogen-bond donors (Lipinski definition) is 0. The van der Waals surface area contributed by atoms with Gasteiger partial charge in [0.25, 0.3) is 0 Å². The van der Waals surface area contributed by atoms with E-state index in [0.717, 1.165) is 11.1 Å². The van der Waals surface area contributed by atoms with Crippen molar-refractivity contribution in [2.24, 2.45) is 5.16 Å². The van der Waals surface area contributed by atoms with Gasteiger partial charge < -0.3 is 14.3 Å². The summed E-state index contributed by atoms with van der Waals surface area (Å²) in [4.78, 5) is 16.7. The van der Waals surface area contributed by atoms with E-state index in [2.05, 4.69) is 5.16 Å². The Morgan fingerprint density at radius 1 is 1.12 bits per heavy atom. The highest BCUT2D eigenvalue weighted by Crippen LogP contribution is 2.26. The van der Waals surface area contributed by atoms with Crippen molar-refractivity contribution in [3.63, 3.8) is 0 Å². The SMILES string of the molecule is CO/N=C(/C(=O)OC)c1ccccc1COc1cccc(Cl)c1C. The molecule has 6 heteroatoms. The van der Waals surface area contributed by atoms with Gasteiger partial charge in [-0.15, -0.1) is 0 Å². The summed E-state index contributed by atoms with van der Waals surface area (Å²) in [6.07, 6.45) is 0. The van der Waals surface area contributed by atoms with Crippen LogP contribution < -0.4 is 4.74 Å². The molecule has 24 heavy (non-hydrogen) atoms. The molecule has 2 rings (SSSR count). The molecule has 5 nitrogen and oxygen atoms in total. The Hall–Kier alpha value is -2.53. The smallest absolute Gasteiger partial charge is 0.360 e. The summed E-state index contributed by atoms with van der Waals surface area (Å²) < 4.78 is 10.6. The molecule has 0 saturated heterocycles. The standard InChI is InChI=1S/C18H18ClNO4/c1-12-15(19)9-6-10-16(12)24-11-13-7-4-5-8-14(13)17(20-23-3)18(21)22-2/h4-10H,11H2,1-3H3/b20-17+. The number of carbonyl (C=O) groups excluding carboxylic acids is 1. The molecule has 0 aliphatic heterocycles. The second-order valence-corrected chi connectivity index (χ2v) is 5.33. The minimum absolute atomic E-state index is 0.0852. The number of esters is 1. The molecule has 0 unspecified atom stereocenters. The van der Waals surface area contributed by atoms with E-state index in [1.165, 1.54) is 14.2 Å². The number of nitrogens with zero attached hydrogens (tertiary/aromatic N) is 1. The van der Waals surface area contributed by atoms with Gasteiger partial charge in [0.05, 0.1) is 7.11 Å². The molecule has 0 N–H and O–H groups in total. The average Bonchev–Trinajstić information content (AvgIpc) is 2.60. The summed E-state index contributed by atoms with van der Waals surface area (Å²) >= 11 is 6.10. The first-order chi connectivity index (χ1) is 11.6. The fourth-order valence-electron chi connectivity index (χ4n) is 2.16. The molecule has 0 aromatic heterocycles. The number of ether oxygens (including phenoxy) is 2. The summed E-state index contributed by atoms with van der Waals surface area (Å²) in [7, 11) is 2.67. The Balaban J connectivity index is 2.30. The average molecular weight is 348 g/mol. The first kappa shape index (κ1) is 17.8. The van der Waals surface area contributed by atoms with E-state index in [4.69, 9.17) is 25.9 Å². The summed E-state index contributed by atoms with van der Waals surface area (Å²) in [5.74, 6) is 0.101. The van der Waals surface area contributed by atoms with Gasteiger partial charge in [-0.3, -0.25) is 0 Å². The van der Waals surface area contributed by atoms with Crippen LogP contribution in [0.4, 0.5) is 0 Å². The lowest BCUT2D eigenvalue weighted by Crippen LogP contribution is -2.19. The zero-order valence-electron chi connectivity index (χ0n) is 13.7. The van der Waals surface area contributed by atoms with Crippen LogP contribution in [0.25, 0.3) is 0 Å². The third-order valence-electron chi connectivity index (χ3n) is 3.43. The fraction of sp³-hybridized carbons (Fsp3) is 0.222. The second kappa shape index (κ2) is 8.36. The van der Waals surface area contributed by atoms with E-state index in [9.17, 15) is 4.79 Å². The molecule has 0 spiro atoms. The molecule has 2 aromatic carbocycles. The molecule has 0 atom stereocenters. The van der Waals surface area contributed by atoms with Crippen LogP contribution >= 0.6 is 11.6 Å². The van der Waals surface area contributed by atoms with E-state index < -0.39 is 5.97 Å². The van der Waals surface area contributed by atoms with Gasteiger partial charge in [0.1, 0.15) is 19.5 Å². The Bertz CT molecular complexity index is 758. The van der Waals surface area contributed by atoms with Crippen LogP contribution in [0.2, 0.25) is 5.02 Å². The third kappa shape index (κ3) is 4.06. The van der Waals surface area contributed by atoms with Gasteiger partial charge in [0.15, 0.2) is 5.71 Å². The molecule has 0 aliphatic rings. The monoisotopic (exact) mass is 347 g/mol. The Labute approximate surface area is 145 Å². The molecule has 2 aromatic rings. The van der Waals surface area contributed by atoms with Gasteiger partial charge >= 0.3 is 5.97 Å². The van der Waals surface area contributed by atoms with Gasteiger partial charge in [-0.1, -0.05) is 47.1 Å². The topological polar surface area (TPSA) is 57.1 Å². The van der Waals surface area contributed by atoms with Crippen LogP contribution in [0, 0.1) is 6.92 Å². The lowest BCUT2D eigenvalue weighted by Gasteiger charge is -2.13. The van der Waals surface area contributed by atoms with Gasteiger partial charge in [-0.05, 0) is 24.6 Å². The number of rotatable bonds is 6. The molecular weight excluding hydrogens is 330 g/mol. The summed E-state index contributed by atoms with van der Waals surface area (Å²) in [6, 6.07) is 12.7. The van der Waals surface area contributed by atoms with Crippen molar-refractivity contribution in [2.45, 2.75) is 13.5 Å². The predicted octanol–water partition coefficient (Wildman–Crippen LogP) is 3.75. The molecule has 0 radical (unpaired) electrons. The molecule has 0 aliphatic carbocycles. The van der Waals surface area contributed by atoms with Crippen LogP contribution in [-0.2, 0) is 21.0 Å². The highest BCUT2D eigenvalue weighted by atomic mass is 35.5. The van der Waals surface area contributed by atoms with Crippen LogP contribution in [0.3, 0.4) is 0 Å². The van der Waals surface area contributed by atoms with E-state index in [1.54, 1.807) is 18.2 Å². The van der Waals surface area contributed by atoms with Gasteiger partial charge in [0, 0.05) is 16.1 Å². The minimum atomic E-state index is -0.580. The molecule has 0 fully saturated rings. The minimum Gasteiger partial charge on any atom is -0.489 e. The highest BCUT2D eigenvalue weighted by molar-refractivity contribution is 6.43. The molecule has 0 amide bonds. The Morgan fingerprint density at radius 3 is 2.58 bits per heavy atom. The number of methoxy groups -OCH3 is 1. The number of carbonyl (C=O) groups is 1. The van der Waals surface area contributed by atoms with Crippen molar-refractivity contribution in [3.05, 3.63) is 64.2 Å². The molecule has 0 bridgehead atoms. The van der Waals surface area contributed by atoms with Crippen LogP contribution in [0.5, 0.6) is 5.75 Å². The van der Waals surface area contributed by atoms with Gasteiger partial charge in [0.2, 0.25) is 0 Å². The normalized spacial score (nSPS) is 11.1. The predicted molar refractivity (Wildman–Crippen MR) is 92.5 cm³/mol. The summed E-state index contributed by atoms with van der Waals surface area (Å²) in [5, 5.41) is 4.41. The van der Waals surface area contributed by atoms with Crippen molar-refractivity contribution >= 4 is 23.3 Å². The maximum atomic E-state index is 11.9. The summed E-state index contributed by atoms with van der Waals surface area (Å²) in [5.41, 5.74) is 2.31. The number of benzene rings is 2. The number of hydrogen-bond acceptors (Lipinski definition) is 5. The van der Waals surface area contributed by atoms with E-state index >= 15 is 0 Å². The lowest BCUT2D eigenvalue weighted by atomic mass is 10.0. The van der Waals surface area contributed by atoms with E-state index in [1.807, 2.05) is 31.2 Å². The second-order valence-electron chi connectivity index (χ2n) is 4.92. The fourth-order valence-corrected chi connectivity index (χ4v) is 2.33. The number of oxime groups is 1. The Morgan fingerprint density at radius 2 is 1.88 bits per heavy atom. The van der Waals surface area contributed by atoms with E-state index in [-0.39, 0.29) is 12.3 Å². The third-order valence-corrected chi connectivity index (χ3v) is 3.84. The van der Waals surface area contributed by atoms with Gasteiger partial charge in [-0.2, -0.15) is 0 Å². The van der Waals surface area contributed by atoms with Crippen LogP contribution in [0.15, 0.2) is 47.6 Å². The maximum Gasteiger partial charge on any atom is 0.360 e. The van der Waals surface area contributed by atoms with Crippen molar-refractivity contribution in [1.29, 1.82) is 0 Å². The number of halogens is 1. The first-order valence-corrected chi connectivity index (χ1v) is 7.62.